The largest absolute Gasteiger partial charge is 0.390 e. The van der Waals surface area contributed by atoms with Crippen molar-refractivity contribution < 1.29 is 10.2 Å². The maximum absolute atomic E-state index is 9.81. The predicted molar refractivity (Wildman–Crippen MR) is 57.2 cm³/mol. The molecule has 0 fully saturated rings. The first-order valence-electron chi connectivity index (χ1n) is 4.99. The lowest BCUT2D eigenvalue weighted by Crippen LogP contribution is -2.17. The van der Waals surface area contributed by atoms with E-state index >= 15 is 0 Å². The Labute approximate surface area is 85.2 Å². The molecule has 1 aromatic rings. The standard InChI is InChI=1S/C12H18O2/c1-4-11(13)12(14)10-6-5-8(2)7-9(10)3/h5-7,11-14H,4H2,1-3H3. The van der Waals surface area contributed by atoms with E-state index in [2.05, 4.69) is 0 Å². The topological polar surface area (TPSA) is 40.5 Å². The summed E-state index contributed by atoms with van der Waals surface area (Å²) in [6.07, 6.45) is -0.869. The van der Waals surface area contributed by atoms with Crippen molar-refractivity contribution >= 4 is 0 Å². The molecule has 0 spiro atoms. The summed E-state index contributed by atoms with van der Waals surface area (Å²) in [4.78, 5) is 0. The Kier molecular flexibility index (Phi) is 3.67. The van der Waals surface area contributed by atoms with Gasteiger partial charge in [0.15, 0.2) is 0 Å². The first-order chi connectivity index (χ1) is 6.56. The van der Waals surface area contributed by atoms with Crippen LogP contribution < -0.4 is 0 Å². The maximum atomic E-state index is 9.81. The van der Waals surface area contributed by atoms with Gasteiger partial charge in [-0.25, -0.2) is 0 Å². The first-order valence-corrected chi connectivity index (χ1v) is 4.99. The summed E-state index contributed by atoms with van der Waals surface area (Å²) in [6.45, 7) is 5.82. The van der Waals surface area contributed by atoms with Crippen LogP contribution in [0.15, 0.2) is 18.2 Å². The minimum Gasteiger partial charge on any atom is -0.390 e. The van der Waals surface area contributed by atoms with Gasteiger partial charge < -0.3 is 10.2 Å². The van der Waals surface area contributed by atoms with Crippen molar-refractivity contribution in [1.29, 1.82) is 0 Å². The van der Waals surface area contributed by atoms with Crippen molar-refractivity contribution in [3.8, 4) is 0 Å². The Morgan fingerprint density at radius 3 is 2.36 bits per heavy atom. The molecule has 2 unspecified atom stereocenters. The Bertz CT molecular complexity index is 307. The molecule has 0 aliphatic rings. The summed E-state index contributed by atoms with van der Waals surface area (Å²) in [6, 6.07) is 5.85. The van der Waals surface area contributed by atoms with Gasteiger partial charge in [0.25, 0.3) is 0 Å². The van der Waals surface area contributed by atoms with Gasteiger partial charge in [0.1, 0.15) is 6.10 Å². The van der Waals surface area contributed by atoms with Gasteiger partial charge in [0.2, 0.25) is 0 Å². The SMILES string of the molecule is CCC(O)C(O)c1ccc(C)cc1C. The zero-order valence-corrected chi connectivity index (χ0v) is 8.99. The second-order valence-corrected chi connectivity index (χ2v) is 3.78. The van der Waals surface area contributed by atoms with Gasteiger partial charge in [0, 0.05) is 0 Å². The van der Waals surface area contributed by atoms with Gasteiger partial charge in [-0.3, -0.25) is 0 Å². The first kappa shape index (κ1) is 11.2. The van der Waals surface area contributed by atoms with E-state index in [4.69, 9.17) is 0 Å². The van der Waals surface area contributed by atoms with Gasteiger partial charge in [-0.05, 0) is 31.4 Å². The molecule has 1 rings (SSSR count). The minimum absolute atomic E-state index is 0.564. The number of hydrogen-bond acceptors (Lipinski definition) is 2. The van der Waals surface area contributed by atoms with E-state index in [1.165, 1.54) is 5.56 Å². The van der Waals surface area contributed by atoms with E-state index < -0.39 is 12.2 Å². The third-order valence-corrected chi connectivity index (χ3v) is 2.53. The molecule has 0 heterocycles. The number of aryl methyl sites for hydroxylation is 2. The van der Waals surface area contributed by atoms with Crippen LogP contribution in [-0.2, 0) is 0 Å². The number of rotatable bonds is 3. The molecule has 0 radical (unpaired) electrons. The lowest BCUT2D eigenvalue weighted by atomic mass is 9.97. The molecule has 2 N–H and O–H groups in total. The fraction of sp³-hybridized carbons (Fsp3) is 0.500. The van der Waals surface area contributed by atoms with E-state index in [0.717, 1.165) is 11.1 Å². The molecular formula is C12H18O2. The second kappa shape index (κ2) is 4.58. The van der Waals surface area contributed by atoms with Gasteiger partial charge in [-0.15, -0.1) is 0 Å². The van der Waals surface area contributed by atoms with Crippen molar-refractivity contribution in [3.05, 3.63) is 34.9 Å². The van der Waals surface area contributed by atoms with Crippen LogP contribution in [0, 0.1) is 13.8 Å². The summed E-state index contributed by atoms with van der Waals surface area (Å²) < 4.78 is 0. The number of hydrogen-bond donors (Lipinski definition) is 2. The Morgan fingerprint density at radius 2 is 1.86 bits per heavy atom. The van der Waals surface area contributed by atoms with Crippen molar-refractivity contribution in [2.24, 2.45) is 0 Å². The van der Waals surface area contributed by atoms with Gasteiger partial charge in [-0.2, -0.15) is 0 Å². The van der Waals surface area contributed by atoms with Crippen molar-refractivity contribution in [2.45, 2.75) is 39.4 Å². The summed E-state index contributed by atoms with van der Waals surface area (Å²) in [5.74, 6) is 0. The fourth-order valence-corrected chi connectivity index (χ4v) is 1.59. The van der Waals surface area contributed by atoms with E-state index in [1.807, 2.05) is 39.0 Å². The van der Waals surface area contributed by atoms with Crippen LogP contribution in [-0.4, -0.2) is 16.3 Å². The molecule has 2 nitrogen and oxygen atoms in total. The molecule has 0 bridgehead atoms. The highest BCUT2D eigenvalue weighted by molar-refractivity contribution is 5.32. The quantitative estimate of drug-likeness (QED) is 0.773. The predicted octanol–water partition coefficient (Wildman–Crippen LogP) is 2.11. The molecule has 0 saturated carbocycles. The van der Waals surface area contributed by atoms with Crippen LogP contribution in [0.5, 0.6) is 0 Å². The minimum atomic E-state index is -0.763. The van der Waals surface area contributed by atoms with Crippen molar-refractivity contribution in [3.63, 3.8) is 0 Å². The Balaban J connectivity index is 2.95. The van der Waals surface area contributed by atoms with E-state index in [-0.39, 0.29) is 0 Å². The van der Waals surface area contributed by atoms with Crippen molar-refractivity contribution in [2.75, 3.05) is 0 Å². The molecule has 0 aromatic heterocycles. The van der Waals surface area contributed by atoms with E-state index in [1.54, 1.807) is 0 Å². The zero-order chi connectivity index (χ0) is 10.7. The number of aliphatic hydroxyl groups is 2. The molecule has 78 valence electrons. The smallest absolute Gasteiger partial charge is 0.105 e. The van der Waals surface area contributed by atoms with Crippen molar-refractivity contribution in [1.82, 2.24) is 0 Å². The molecule has 2 heteroatoms. The van der Waals surface area contributed by atoms with Gasteiger partial charge in [-0.1, -0.05) is 30.7 Å². The summed E-state index contributed by atoms with van der Waals surface area (Å²) >= 11 is 0. The highest BCUT2D eigenvalue weighted by Gasteiger charge is 2.17. The Hall–Kier alpha value is -0.860. The molecule has 0 amide bonds. The average molecular weight is 194 g/mol. The van der Waals surface area contributed by atoms with E-state index in [0.29, 0.717) is 6.42 Å². The maximum Gasteiger partial charge on any atom is 0.105 e. The van der Waals surface area contributed by atoms with Crippen LogP contribution in [0.2, 0.25) is 0 Å². The molecule has 14 heavy (non-hydrogen) atoms. The molecule has 0 aliphatic carbocycles. The van der Waals surface area contributed by atoms with Crippen LogP contribution in [0.3, 0.4) is 0 Å². The molecule has 0 aliphatic heterocycles. The van der Waals surface area contributed by atoms with E-state index in [9.17, 15) is 10.2 Å². The normalized spacial score (nSPS) is 15.2. The summed E-state index contributed by atoms with van der Waals surface area (Å²) in [5, 5.41) is 19.3. The summed E-state index contributed by atoms with van der Waals surface area (Å²) in [7, 11) is 0. The highest BCUT2D eigenvalue weighted by atomic mass is 16.3. The Morgan fingerprint density at radius 1 is 1.21 bits per heavy atom. The van der Waals surface area contributed by atoms with Crippen LogP contribution in [0.1, 0.15) is 36.1 Å². The third kappa shape index (κ3) is 2.34. The third-order valence-electron chi connectivity index (χ3n) is 2.53. The second-order valence-electron chi connectivity index (χ2n) is 3.78. The fourth-order valence-electron chi connectivity index (χ4n) is 1.59. The average Bonchev–Trinajstić information content (AvgIpc) is 2.15. The summed E-state index contributed by atoms with van der Waals surface area (Å²) in [5.41, 5.74) is 3.03. The van der Waals surface area contributed by atoms with Crippen LogP contribution in [0.4, 0.5) is 0 Å². The molecule has 0 saturated heterocycles. The van der Waals surface area contributed by atoms with Gasteiger partial charge >= 0.3 is 0 Å². The lowest BCUT2D eigenvalue weighted by Gasteiger charge is -2.18. The van der Waals surface area contributed by atoms with Gasteiger partial charge in [0.05, 0.1) is 6.10 Å². The molecule has 1 aromatic carbocycles. The van der Waals surface area contributed by atoms with Crippen LogP contribution >= 0.6 is 0 Å². The highest BCUT2D eigenvalue weighted by Crippen LogP contribution is 2.22. The number of benzene rings is 1. The molecular weight excluding hydrogens is 176 g/mol. The zero-order valence-electron chi connectivity index (χ0n) is 8.99. The van der Waals surface area contributed by atoms with Crippen LogP contribution in [0.25, 0.3) is 0 Å². The number of aliphatic hydroxyl groups excluding tert-OH is 2. The molecule has 2 atom stereocenters. The monoisotopic (exact) mass is 194 g/mol. The lowest BCUT2D eigenvalue weighted by molar-refractivity contribution is 0.0161.